The van der Waals surface area contributed by atoms with Crippen LogP contribution in [0.3, 0.4) is 0 Å². The first-order valence-electron chi connectivity index (χ1n) is 5.69. The van der Waals surface area contributed by atoms with Gasteiger partial charge in [0.25, 0.3) is 0 Å². The van der Waals surface area contributed by atoms with Gasteiger partial charge in [0.2, 0.25) is 0 Å². The van der Waals surface area contributed by atoms with Crippen LogP contribution in [-0.4, -0.2) is 31.2 Å². The van der Waals surface area contributed by atoms with E-state index in [9.17, 15) is 0 Å². The molecule has 0 aromatic carbocycles. The largest absolute Gasteiger partial charge is 0.329 e. The van der Waals surface area contributed by atoms with E-state index in [1.54, 1.807) is 0 Å². The molecular weight excluding hydrogens is 174 g/mol. The van der Waals surface area contributed by atoms with Crippen molar-refractivity contribution in [3.63, 3.8) is 0 Å². The van der Waals surface area contributed by atoms with Crippen LogP contribution in [0, 0.1) is 0 Å². The molecule has 0 saturated carbocycles. The fourth-order valence-corrected chi connectivity index (χ4v) is 1.69. The standard InChI is InChI=1S/C11H27N3/c1-5-6-7-8-9-11(2,10-12)13-14(3)4/h13H,5-10,12H2,1-4H3. The van der Waals surface area contributed by atoms with Crippen molar-refractivity contribution in [2.45, 2.75) is 51.5 Å². The number of rotatable bonds is 8. The number of unbranched alkanes of at least 4 members (excludes halogenated alkanes) is 3. The van der Waals surface area contributed by atoms with E-state index in [0.29, 0.717) is 6.54 Å². The summed E-state index contributed by atoms with van der Waals surface area (Å²) in [5, 5.41) is 1.99. The van der Waals surface area contributed by atoms with Gasteiger partial charge in [-0.05, 0) is 13.3 Å². The summed E-state index contributed by atoms with van der Waals surface area (Å²) >= 11 is 0. The molecule has 0 bridgehead atoms. The Labute approximate surface area is 89.0 Å². The summed E-state index contributed by atoms with van der Waals surface area (Å²) in [6.45, 7) is 5.12. The first-order valence-corrected chi connectivity index (χ1v) is 5.69. The maximum Gasteiger partial charge on any atom is 0.0419 e. The normalized spacial score (nSPS) is 15.9. The van der Waals surface area contributed by atoms with E-state index in [1.807, 2.05) is 19.1 Å². The van der Waals surface area contributed by atoms with E-state index in [4.69, 9.17) is 5.73 Å². The van der Waals surface area contributed by atoms with E-state index in [2.05, 4.69) is 19.3 Å². The Bertz CT molecular complexity index is 136. The summed E-state index contributed by atoms with van der Waals surface area (Å²) in [5.74, 6) is 0. The third-order valence-corrected chi connectivity index (χ3v) is 2.53. The molecule has 0 aliphatic carbocycles. The average Bonchev–Trinajstić information content (AvgIpc) is 2.11. The van der Waals surface area contributed by atoms with E-state index in [-0.39, 0.29) is 5.54 Å². The van der Waals surface area contributed by atoms with Crippen molar-refractivity contribution >= 4 is 0 Å². The molecule has 1 atom stereocenters. The Kier molecular flexibility index (Phi) is 7.15. The van der Waals surface area contributed by atoms with E-state index >= 15 is 0 Å². The minimum atomic E-state index is 0.0667. The van der Waals surface area contributed by atoms with E-state index in [1.165, 1.54) is 25.7 Å². The van der Waals surface area contributed by atoms with Crippen molar-refractivity contribution in [2.24, 2.45) is 5.73 Å². The zero-order valence-corrected chi connectivity index (χ0v) is 10.3. The number of hydrazine groups is 1. The minimum Gasteiger partial charge on any atom is -0.329 e. The van der Waals surface area contributed by atoms with Crippen LogP contribution >= 0.6 is 0 Å². The van der Waals surface area contributed by atoms with Gasteiger partial charge >= 0.3 is 0 Å². The average molecular weight is 201 g/mol. The van der Waals surface area contributed by atoms with E-state index < -0.39 is 0 Å². The third kappa shape index (κ3) is 6.35. The molecule has 3 N–H and O–H groups in total. The molecule has 0 aromatic rings. The zero-order valence-electron chi connectivity index (χ0n) is 10.3. The minimum absolute atomic E-state index is 0.0667. The van der Waals surface area contributed by atoms with Gasteiger partial charge in [0, 0.05) is 26.2 Å². The van der Waals surface area contributed by atoms with Crippen LogP contribution in [0.25, 0.3) is 0 Å². The number of hydrogen-bond acceptors (Lipinski definition) is 3. The second-order valence-electron chi connectivity index (χ2n) is 4.58. The van der Waals surface area contributed by atoms with Crippen molar-refractivity contribution in [2.75, 3.05) is 20.6 Å². The topological polar surface area (TPSA) is 41.3 Å². The van der Waals surface area contributed by atoms with Gasteiger partial charge in [-0.25, -0.2) is 5.43 Å². The molecule has 1 unspecified atom stereocenters. The molecule has 0 aliphatic heterocycles. The highest BCUT2D eigenvalue weighted by molar-refractivity contribution is 4.82. The SMILES string of the molecule is CCCCCCC(C)(CN)NN(C)C. The number of nitrogens with two attached hydrogens (primary N) is 1. The molecule has 0 radical (unpaired) electrons. The Morgan fingerprint density at radius 1 is 1.21 bits per heavy atom. The lowest BCUT2D eigenvalue weighted by Gasteiger charge is -2.32. The Morgan fingerprint density at radius 2 is 1.86 bits per heavy atom. The highest BCUT2D eigenvalue weighted by atomic mass is 15.5. The van der Waals surface area contributed by atoms with Gasteiger partial charge in [0.1, 0.15) is 0 Å². The lowest BCUT2D eigenvalue weighted by Crippen LogP contribution is -2.54. The summed E-state index contributed by atoms with van der Waals surface area (Å²) < 4.78 is 0. The van der Waals surface area contributed by atoms with Crippen LogP contribution in [-0.2, 0) is 0 Å². The Hall–Kier alpha value is -0.120. The molecule has 0 spiro atoms. The molecule has 0 saturated heterocycles. The van der Waals surface area contributed by atoms with Crippen molar-refractivity contribution < 1.29 is 0 Å². The summed E-state index contributed by atoms with van der Waals surface area (Å²) in [4.78, 5) is 0. The monoisotopic (exact) mass is 201 g/mol. The zero-order chi connectivity index (χ0) is 11.0. The molecule has 0 rings (SSSR count). The van der Waals surface area contributed by atoms with Crippen LogP contribution in [0.2, 0.25) is 0 Å². The van der Waals surface area contributed by atoms with Crippen molar-refractivity contribution in [1.29, 1.82) is 0 Å². The van der Waals surface area contributed by atoms with Crippen molar-refractivity contribution in [3.8, 4) is 0 Å². The lowest BCUT2D eigenvalue weighted by atomic mass is 9.95. The maximum absolute atomic E-state index is 5.78. The van der Waals surface area contributed by atoms with Gasteiger partial charge in [0.15, 0.2) is 0 Å². The first-order chi connectivity index (χ1) is 6.54. The molecule has 3 nitrogen and oxygen atoms in total. The predicted octanol–water partition coefficient (Wildman–Crippen LogP) is 1.74. The van der Waals surface area contributed by atoms with Gasteiger partial charge in [-0.15, -0.1) is 0 Å². The summed E-state index contributed by atoms with van der Waals surface area (Å²) in [5.41, 5.74) is 9.24. The van der Waals surface area contributed by atoms with Gasteiger partial charge in [-0.1, -0.05) is 32.6 Å². The van der Waals surface area contributed by atoms with Gasteiger partial charge in [-0.2, -0.15) is 0 Å². The quantitative estimate of drug-likeness (QED) is 0.464. The molecule has 14 heavy (non-hydrogen) atoms. The summed E-state index contributed by atoms with van der Waals surface area (Å²) in [6, 6.07) is 0. The van der Waals surface area contributed by atoms with Crippen LogP contribution < -0.4 is 11.2 Å². The predicted molar refractivity (Wildman–Crippen MR) is 63.0 cm³/mol. The van der Waals surface area contributed by atoms with Gasteiger partial charge < -0.3 is 5.73 Å². The molecule has 0 aliphatic rings. The van der Waals surface area contributed by atoms with Gasteiger partial charge in [-0.3, -0.25) is 5.01 Å². The fourth-order valence-electron chi connectivity index (χ4n) is 1.69. The number of hydrogen-bond donors (Lipinski definition) is 2. The molecule has 0 fully saturated rings. The van der Waals surface area contributed by atoms with Crippen LogP contribution in [0.5, 0.6) is 0 Å². The maximum atomic E-state index is 5.78. The molecule has 86 valence electrons. The van der Waals surface area contributed by atoms with Crippen LogP contribution in [0.1, 0.15) is 46.0 Å². The smallest absolute Gasteiger partial charge is 0.0419 e. The lowest BCUT2D eigenvalue weighted by molar-refractivity contribution is 0.164. The van der Waals surface area contributed by atoms with Gasteiger partial charge in [0.05, 0.1) is 0 Å². The summed E-state index contributed by atoms with van der Waals surface area (Å²) in [6.07, 6.45) is 6.37. The second-order valence-corrected chi connectivity index (χ2v) is 4.58. The van der Waals surface area contributed by atoms with Crippen molar-refractivity contribution in [1.82, 2.24) is 10.4 Å². The van der Waals surface area contributed by atoms with Crippen LogP contribution in [0.15, 0.2) is 0 Å². The van der Waals surface area contributed by atoms with Crippen molar-refractivity contribution in [3.05, 3.63) is 0 Å². The Morgan fingerprint density at radius 3 is 2.29 bits per heavy atom. The number of nitrogens with one attached hydrogen (secondary N) is 1. The van der Waals surface area contributed by atoms with E-state index in [0.717, 1.165) is 6.42 Å². The van der Waals surface area contributed by atoms with Crippen LogP contribution in [0.4, 0.5) is 0 Å². The Balaban J connectivity index is 3.75. The first kappa shape index (κ1) is 13.9. The highest BCUT2D eigenvalue weighted by Crippen LogP contribution is 2.14. The number of nitrogens with zero attached hydrogens (tertiary/aromatic N) is 1. The molecular formula is C11H27N3. The molecule has 0 aromatic heterocycles. The fraction of sp³-hybridized carbons (Fsp3) is 1.00. The molecule has 0 amide bonds. The summed E-state index contributed by atoms with van der Waals surface area (Å²) in [7, 11) is 4.03. The highest BCUT2D eigenvalue weighted by Gasteiger charge is 2.21. The third-order valence-electron chi connectivity index (χ3n) is 2.53. The second kappa shape index (κ2) is 7.21. The molecule has 0 heterocycles. The molecule has 3 heteroatoms.